The molecule has 0 bridgehead atoms. The number of para-hydroxylation sites is 1. The Labute approximate surface area is 186 Å². The van der Waals surface area contributed by atoms with Gasteiger partial charge < -0.3 is 4.74 Å². The van der Waals surface area contributed by atoms with Gasteiger partial charge in [0.2, 0.25) is 9.96 Å². The Morgan fingerprint density at radius 3 is 2.65 bits per heavy atom. The van der Waals surface area contributed by atoms with Crippen molar-refractivity contribution in [3.05, 3.63) is 64.8 Å². The monoisotopic (exact) mass is 453 g/mol. The summed E-state index contributed by atoms with van der Waals surface area (Å²) in [6, 6.07) is 17.7. The molecular weight excluding hydrogens is 434 g/mol. The third-order valence-electron chi connectivity index (χ3n) is 4.30. The van der Waals surface area contributed by atoms with Gasteiger partial charge in [0.05, 0.1) is 18.6 Å². The van der Waals surface area contributed by atoms with Crippen LogP contribution in [-0.2, 0) is 11.8 Å². The van der Waals surface area contributed by atoms with Crippen molar-refractivity contribution in [1.82, 2.24) is 30.2 Å². The van der Waals surface area contributed by atoms with E-state index in [-0.39, 0.29) is 11.7 Å². The Kier molecular flexibility index (Phi) is 6.43. The minimum Gasteiger partial charge on any atom is -0.497 e. The van der Waals surface area contributed by atoms with Gasteiger partial charge >= 0.3 is 0 Å². The average molecular weight is 454 g/mol. The number of tetrazole rings is 1. The van der Waals surface area contributed by atoms with E-state index < -0.39 is 0 Å². The van der Waals surface area contributed by atoms with Gasteiger partial charge in [-0.15, -0.1) is 21.5 Å². The largest absolute Gasteiger partial charge is 0.497 e. The lowest BCUT2D eigenvalue weighted by Crippen LogP contribution is -2.25. The van der Waals surface area contributed by atoms with Gasteiger partial charge in [-0.05, 0) is 52.4 Å². The molecule has 1 N–H and O–H groups in total. The summed E-state index contributed by atoms with van der Waals surface area (Å²) < 4.78 is 8.78. The van der Waals surface area contributed by atoms with E-state index in [1.807, 2.05) is 64.5 Å². The molecule has 11 heteroatoms. The third-order valence-corrected chi connectivity index (χ3v) is 6.13. The summed E-state index contributed by atoms with van der Waals surface area (Å²) in [6.07, 6.45) is 0. The van der Waals surface area contributed by atoms with Crippen LogP contribution in [0.25, 0.3) is 16.9 Å². The first-order chi connectivity index (χ1) is 15.2. The summed E-state index contributed by atoms with van der Waals surface area (Å²) >= 11 is 2.69. The minimum absolute atomic E-state index is 0.153. The molecule has 4 aromatic rings. The highest BCUT2D eigenvalue weighted by molar-refractivity contribution is 7.99. The van der Waals surface area contributed by atoms with Gasteiger partial charge in [-0.3, -0.25) is 9.36 Å². The van der Waals surface area contributed by atoms with Crippen molar-refractivity contribution in [2.75, 3.05) is 12.9 Å². The van der Waals surface area contributed by atoms with Crippen LogP contribution < -0.4 is 15.0 Å². The molecule has 0 radical (unpaired) electrons. The topological polar surface area (TPSA) is 99.2 Å². The van der Waals surface area contributed by atoms with Gasteiger partial charge in [-0.25, -0.2) is 10.1 Å². The molecule has 0 saturated heterocycles. The zero-order chi connectivity index (χ0) is 21.6. The Morgan fingerprint density at radius 1 is 1.19 bits per heavy atom. The maximum atomic E-state index is 12.3. The van der Waals surface area contributed by atoms with Crippen LogP contribution in [0.2, 0.25) is 0 Å². The smallest absolute Gasteiger partial charge is 0.250 e. The molecule has 4 rings (SSSR count). The SMILES string of the molecule is COc1ccc(-c2cs/c(=N/NC(=O)CSc3nnnn3C)n2-c2ccccc2)cc1. The van der Waals surface area contributed by atoms with Crippen molar-refractivity contribution in [1.29, 1.82) is 0 Å². The summed E-state index contributed by atoms with van der Waals surface area (Å²) in [5, 5.41) is 18.1. The molecular formula is C20H19N7O2S2. The highest BCUT2D eigenvalue weighted by Gasteiger charge is 2.11. The summed E-state index contributed by atoms with van der Waals surface area (Å²) in [7, 11) is 3.36. The maximum absolute atomic E-state index is 12.3. The molecule has 2 aromatic carbocycles. The Balaban J connectivity index is 1.61. The quantitative estimate of drug-likeness (QED) is 0.341. The zero-order valence-corrected chi connectivity index (χ0v) is 18.4. The van der Waals surface area contributed by atoms with Crippen LogP contribution in [0.5, 0.6) is 5.75 Å². The zero-order valence-electron chi connectivity index (χ0n) is 16.8. The van der Waals surface area contributed by atoms with Gasteiger partial charge in [0.25, 0.3) is 5.91 Å². The molecule has 31 heavy (non-hydrogen) atoms. The van der Waals surface area contributed by atoms with Gasteiger partial charge in [0.1, 0.15) is 5.75 Å². The number of thiazole rings is 1. The number of nitrogens with one attached hydrogen (secondary N) is 1. The summed E-state index contributed by atoms with van der Waals surface area (Å²) in [6.45, 7) is 0. The van der Waals surface area contributed by atoms with E-state index in [1.165, 1.54) is 27.8 Å². The number of methoxy groups -OCH3 is 1. The minimum atomic E-state index is -0.244. The number of aromatic nitrogens is 5. The van der Waals surface area contributed by atoms with Crippen LogP contribution in [0, 0.1) is 0 Å². The van der Waals surface area contributed by atoms with E-state index in [4.69, 9.17) is 4.74 Å². The average Bonchev–Trinajstić information content (AvgIpc) is 3.42. The molecule has 0 atom stereocenters. The summed E-state index contributed by atoms with van der Waals surface area (Å²) in [5.41, 5.74) is 5.55. The Morgan fingerprint density at radius 2 is 1.97 bits per heavy atom. The standard InChI is InChI=1S/C20H19N7O2S2/c1-26-19(23-24-25-26)31-13-18(28)21-22-20-27(15-6-4-3-5-7-15)17(12-30-20)14-8-10-16(29-2)11-9-14/h3-12H,13H2,1-2H3,(H,21,28)/b22-20+. The van der Waals surface area contributed by atoms with E-state index in [1.54, 1.807) is 14.2 Å². The molecule has 0 aliphatic carbocycles. The number of rotatable bonds is 7. The second-order valence-corrected chi connectivity index (χ2v) is 8.10. The summed E-state index contributed by atoms with van der Waals surface area (Å²) in [5.74, 6) is 0.699. The fourth-order valence-electron chi connectivity index (χ4n) is 2.79. The normalized spacial score (nSPS) is 11.5. The van der Waals surface area contributed by atoms with E-state index in [9.17, 15) is 4.79 Å². The number of carbonyl (C=O) groups excluding carboxylic acids is 1. The first-order valence-electron chi connectivity index (χ1n) is 9.24. The van der Waals surface area contributed by atoms with Crippen LogP contribution in [0.3, 0.4) is 0 Å². The number of carbonyl (C=O) groups is 1. The van der Waals surface area contributed by atoms with Crippen molar-refractivity contribution in [3.63, 3.8) is 0 Å². The van der Waals surface area contributed by atoms with Crippen molar-refractivity contribution < 1.29 is 9.53 Å². The van der Waals surface area contributed by atoms with Crippen molar-refractivity contribution in [2.45, 2.75) is 5.16 Å². The van der Waals surface area contributed by atoms with Gasteiger partial charge in [-0.2, -0.15) is 0 Å². The van der Waals surface area contributed by atoms with E-state index in [0.717, 1.165) is 22.7 Å². The van der Waals surface area contributed by atoms with Crippen LogP contribution in [-0.4, -0.2) is 43.5 Å². The van der Waals surface area contributed by atoms with Crippen LogP contribution in [0.15, 0.2) is 70.2 Å². The third kappa shape index (κ3) is 4.84. The lowest BCUT2D eigenvalue weighted by atomic mass is 10.1. The molecule has 0 aliphatic heterocycles. The van der Waals surface area contributed by atoms with Crippen molar-refractivity contribution in [3.8, 4) is 22.7 Å². The molecule has 158 valence electrons. The highest BCUT2D eigenvalue weighted by atomic mass is 32.2. The number of hydrogen-bond donors (Lipinski definition) is 1. The molecule has 0 unspecified atom stereocenters. The molecule has 0 fully saturated rings. The Bertz CT molecular complexity index is 1230. The lowest BCUT2D eigenvalue weighted by Gasteiger charge is -2.10. The second-order valence-electron chi connectivity index (χ2n) is 6.32. The molecule has 0 aliphatic rings. The van der Waals surface area contributed by atoms with E-state index in [2.05, 4.69) is 26.1 Å². The predicted octanol–water partition coefficient (Wildman–Crippen LogP) is 2.46. The first-order valence-corrected chi connectivity index (χ1v) is 11.1. The maximum Gasteiger partial charge on any atom is 0.250 e. The number of thioether (sulfide) groups is 1. The van der Waals surface area contributed by atoms with E-state index >= 15 is 0 Å². The predicted molar refractivity (Wildman–Crippen MR) is 119 cm³/mol. The first kappa shape index (κ1) is 20.8. The van der Waals surface area contributed by atoms with Crippen molar-refractivity contribution >= 4 is 29.0 Å². The number of aryl methyl sites for hydroxylation is 1. The van der Waals surface area contributed by atoms with Gasteiger partial charge in [-0.1, -0.05) is 30.0 Å². The molecule has 2 heterocycles. The van der Waals surface area contributed by atoms with Crippen LogP contribution in [0.4, 0.5) is 0 Å². The molecule has 2 aromatic heterocycles. The van der Waals surface area contributed by atoms with Crippen LogP contribution >= 0.6 is 23.1 Å². The number of amides is 1. The van der Waals surface area contributed by atoms with Gasteiger partial charge in [0, 0.05) is 18.1 Å². The number of benzene rings is 2. The lowest BCUT2D eigenvalue weighted by molar-refractivity contribution is -0.118. The highest BCUT2D eigenvalue weighted by Crippen LogP contribution is 2.25. The fraction of sp³-hybridized carbons (Fsp3) is 0.150. The fourth-order valence-corrected chi connectivity index (χ4v) is 4.30. The summed E-state index contributed by atoms with van der Waals surface area (Å²) in [4.78, 5) is 12.9. The van der Waals surface area contributed by atoms with E-state index in [0.29, 0.717) is 9.96 Å². The number of hydrogen-bond acceptors (Lipinski definition) is 8. The van der Waals surface area contributed by atoms with Gasteiger partial charge in [0.15, 0.2) is 0 Å². The molecule has 9 nitrogen and oxygen atoms in total. The molecule has 0 spiro atoms. The Hall–Kier alpha value is -3.44. The van der Waals surface area contributed by atoms with Crippen LogP contribution in [0.1, 0.15) is 0 Å². The molecule has 0 saturated carbocycles. The number of nitrogens with zero attached hydrogens (tertiary/aromatic N) is 6. The molecule has 1 amide bonds. The van der Waals surface area contributed by atoms with Crippen molar-refractivity contribution in [2.24, 2.45) is 12.1 Å². The number of ether oxygens (including phenoxy) is 1. The second kappa shape index (κ2) is 9.58.